The van der Waals surface area contributed by atoms with Gasteiger partial charge in [-0.3, -0.25) is 0 Å². The molecule has 3 heterocycles. The van der Waals surface area contributed by atoms with E-state index in [1.54, 1.807) is 11.3 Å². The summed E-state index contributed by atoms with van der Waals surface area (Å²) in [5, 5.41) is 1.26. The predicted octanol–water partition coefficient (Wildman–Crippen LogP) is 4.44. The molecule has 2 unspecified atom stereocenters. The molecule has 19 heavy (non-hydrogen) atoms. The van der Waals surface area contributed by atoms with Gasteiger partial charge in [-0.2, -0.15) is 0 Å². The van der Waals surface area contributed by atoms with Gasteiger partial charge in [0.25, 0.3) is 0 Å². The first-order valence-electron chi connectivity index (χ1n) is 6.25. The first kappa shape index (κ1) is 12.0. The maximum atomic E-state index is 5.97. The zero-order valence-electron chi connectivity index (χ0n) is 10.4. The molecule has 98 valence electrons. The van der Waals surface area contributed by atoms with Crippen LogP contribution in [-0.2, 0) is 0 Å². The Morgan fingerprint density at radius 2 is 2.26 bits per heavy atom. The average molecular weight is 307 g/mol. The molecule has 0 bridgehead atoms. The summed E-state index contributed by atoms with van der Waals surface area (Å²) >= 11 is 8.93. The van der Waals surface area contributed by atoms with Gasteiger partial charge in [-0.05, 0) is 18.3 Å². The lowest BCUT2D eigenvalue weighted by molar-refractivity contribution is 0.137. The van der Waals surface area contributed by atoms with E-state index in [1.165, 1.54) is 15.5 Å². The van der Waals surface area contributed by atoms with E-state index >= 15 is 0 Å². The van der Waals surface area contributed by atoms with Crippen molar-refractivity contribution >= 4 is 35.3 Å². The molecule has 0 saturated heterocycles. The van der Waals surface area contributed by atoms with Crippen LogP contribution in [0.15, 0.2) is 29.3 Å². The quantitative estimate of drug-likeness (QED) is 0.728. The van der Waals surface area contributed by atoms with Crippen molar-refractivity contribution in [3.8, 4) is 5.75 Å². The van der Waals surface area contributed by atoms with Crippen LogP contribution in [0.3, 0.4) is 0 Å². The molecule has 1 aromatic carbocycles. The highest BCUT2D eigenvalue weighted by molar-refractivity contribution is 7.99. The third-order valence-electron chi connectivity index (χ3n) is 3.93. The fraction of sp³-hybridized carbons (Fsp3) is 0.357. The molecule has 2 aromatic rings. The van der Waals surface area contributed by atoms with E-state index in [0.29, 0.717) is 5.92 Å². The molecule has 2 aliphatic rings. The number of ether oxygens (including phenoxy) is 1. The Kier molecular flexibility index (Phi) is 2.59. The highest BCUT2D eigenvalue weighted by atomic mass is 32.2. The van der Waals surface area contributed by atoms with Gasteiger partial charge < -0.3 is 9.72 Å². The summed E-state index contributed by atoms with van der Waals surface area (Å²) in [6, 6.07) is 8.41. The van der Waals surface area contributed by atoms with Crippen molar-refractivity contribution in [2.24, 2.45) is 5.41 Å². The average Bonchev–Trinajstić information content (AvgIpc) is 2.78. The van der Waals surface area contributed by atoms with E-state index < -0.39 is 0 Å². The summed E-state index contributed by atoms with van der Waals surface area (Å²) in [5.74, 6) is 2.51. The largest absolute Gasteiger partial charge is 0.493 e. The Hall–Kier alpha value is -0.780. The Labute approximate surface area is 125 Å². The number of rotatable bonds is 0. The first-order chi connectivity index (χ1) is 9.17. The molecule has 0 amide bonds. The number of fused-ring (bicyclic) bond motifs is 5. The molecular weight excluding hydrogens is 294 g/mol. The van der Waals surface area contributed by atoms with Gasteiger partial charge in [-0.15, -0.1) is 23.1 Å². The maximum absolute atomic E-state index is 5.97. The predicted molar refractivity (Wildman–Crippen MR) is 82.1 cm³/mol. The molecule has 0 aliphatic carbocycles. The van der Waals surface area contributed by atoms with Crippen LogP contribution in [0.1, 0.15) is 23.3 Å². The summed E-state index contributed by atoms with van der Waals surface area (Å²) in [7, 11) is 0. The molecule has 5 heteroatoms. The third kappa shape index (κ3) is 1.72. The van der Waals surface area contributed by atoms with Crippen LogP contribution in [0.2, 0.25) is 0 Å². The van der Waals surface area contributed by atoms with Crippen molar-refractivity contribution in [1.82, 2.24) is 4.98 Å². The lowest BCUT2D eigenvalue weighted by Crippen LogP contribution is -2.40. The van der Waals surface area contributed by atoms with Gasteiger partial charge in [0.05, 0.1) is 11.6 Å². The Morgan fingerprint density at radius 1 is 1.42 bits per heavy atom. The molecule has 0 saturated carbocycles. The Balaban J connectivity index is 1.98. The molecule has 2 atom stereocenters. The van der Waals surface area contributed by atoms with Crippen LogP contribution in [0, 0.1) is 9.37 Å². The lowest BCUT2D eigenvalue weighted by atomic mass is 9.72. The van der Waals surface area contributed by atoms with Gasteiger partial charge in [0.2, 0.25) is 0 Å². The Morgan fingerprint density at radius 3 is 3.16 bits per heavy atom. The molecule has 0 fully saturated rings. The number of hydrogen-bond acceptors (Lipinski definition) is 4. The number of H-pyrrole nitrogens is 1. The number of thioether (sulfide) groups is 1. The topological polar surface area (TPSA) is 25.0 Å². The number of aromatic nitrogens is 1. The van der Waals surface area contributed by atoms with Crippen molar-refractivity contribution in [3.05, 3.63) is 38.7 Å². The highest BCUT2D eigenvalue weighted by Gasteiger charge is 2.46. The summed E-state index contributed by atoms with van der Waals surface area (Å²) in [4.78, 5) is 4.72. The SMILES string of the molecule is CC12COc3ccccc3C1c1sc(=S)[nH]c1SC2. The second-order valence-electron chi connectivity index (χ2n) is 5.41. The van der Waals surface area contributed by atoms with Crippen molar-refractivity contribution in [3.63, 3.8) is 0 Å². The number of hydrogen-bond donors (Lipinski definition) is 1. The molecule has 1 N–H and O–H groups in total. The van der Waals surface area contributed by atoms with Crippen molar-refractivity contribution < 1.29 is 4.74 Å². The Bertz CT molecular complexity index is 705. The van der Waals surface area contributed by atoms with E-state index in [4.69, 9.17) is 17.0 Å². The van der Waals surface area contributed by atoms with Crippen LogP contribution in [0.25, 0.3) is 0 Å². The second kappa shape index (κ2) is 4.11. The van der Waals surface area contributed by atoms with Crippen molar-refractivity contribution in [2.75, 3.05) is 12.4 Å². The van der Waals surface area contributed by atoms with E-state index in [2.05, 4.69) is 30.1 Å². The van der Waals surface area contributed by atoms with Crippen molar-refractivity contribution in [1.29, 1.82) is 0 Å². The summed E-state index contributed by atoms with van der Waals surface area (Å²) in [6.45, 7) is 3.11. The lowest BCUT2D eigenvalue weighted by Gasteiger charge is -2.44. The fourth-order valence-electron chi connectivity index (χ4n) is 2.99. The minimum atomic E-state index is 0.159. The monoisotopic (exact) mass is 307 g/mol. The van der Waals surface area contributed by atoms with E-state index in [9.17, 15) is 0 Å². The van der Waals surface area contributed by atoms with Crippen LogP contribution >= 0.6 is 35.3 Å². The normalized spacial score (nSPS) is 27.9. The highest BCUT2D eigenvalue weighted by Crippen LogP contribution is 2.56. The zero-order chi connectivity index (χ0) is 13.0. The number of thiazole rings is 1. The van der Waals surface area contributed by atoms with Crippen LogP contribution in [0.5, 0.6) is 5.75 Å². The van der Waals surface area contributed by atoms with Gasteiger partial charge in [0.15, 0.2) is 3.95 Å². The van der Waals surface area contributed by atoms with Crippen molar-refractivity contribution in [2.45, 2.75) is 17.9 Å². The van der Waals surface area contributed by atoms with Gasteiger partial charge in [-0.1, -0.05) is 25.1 Å². The molecular formula is C14H13NOS3. The number of nitrogens with one attached hydrogen (secondary N) is 1. The van der Waals surface area contributed by atoms with Gasteiger partial charge in [0, 0.05) is 27.5 Å². The minimum Gasteiger partial charge on any atom is -0.493 e. The number of benzene rings is 1. The van der Waals surface area contributed by atoms with E-state index in [0.717, 1.165) is 22.1 Å². The zero-order valence-corrected chi connectivity index (χ0v) is 12.9. The third-order valence-corrected chi connectivity index (χ3v) is 6.78. The molecule has 4 rings (SSSR count). The van der Waals surface area contributed by atoms with Gasteiger partial charge >= 0.3 is 0 Å². The number of para-hydroxylation sites is 1. The standard InChI is InChI=1S/C14H13NOS3/c1-14-6-16-9-5-3-2-4-8(9)10(14)11-12(18-7-14)15-13(17)19-11/h2-5,10H,6-7H2,1H3,(H,15,17). The van der Waals surface area contributed by atoms with E-state index in [1.807, 2.05) is 17.8 Å². The number of aromatic amines is 1. The molecule has 2 aliphatic heterocycles. The molecule has 0 radical (unpaired) electrons. The van der Waals surface area contributed by atoms with Crippen LogP contribution in [0.4, 0.5) is 0 Å². The molecule has 0 spiro atoms. The molecule has 1 aromatic heterocycles. The van der Waals surface area contributed by atoms with Gasteiger partial charge in [0.1, 0.15) is 5.75 Å². The fourth-order valence-corrected chi connectivity index (χ4v) is 5.98. The smallest absolute Gasteiger partial charge is 0.159 e. The summed E-state index contributed by atoms with van der Waals surface area (Å²) in [5.41, 5.74) is 1.47. The minimum absolute atomic E-state index is 0.159. The second-order valence-corrected chi connectivity index (χ2v) is 8.11. The van der Waals surface area contributed by atoms with E-state index in [-0.39, 0.29) is 5.41 Å². The van der Waals surface area contributed by atoms with Crippen LogP contribution in [-0.4, -0.2) is 17.3 Å². The maximum Gasteiger partial charge on any atom is 0.159 e. The molecule has 2 nitrogen and oxygen atoms in total. The van der Waals surface area contributed by atoms with Crippen LogP contribution < -0.4 is 4.74 Å². The summed E-state index contributed by atoms with van der Waals surface area (Å²) < 4.78 is 6.85. The first-order valence-corrected chi connectivity index (χ1v) is 8.46. The summed E-state index contributed by atoms with van der Waals surface area (Å²) in [6.07, 6.45) is 0. The van der Waals surface area contributed by atoms with Gasteiger partial charge in [-0.25, -0.2) is 0 Å².